The largest absolute Gasteiger partial charge is 0.738 e. The molecule has 8 heteroatoms. The van der Waals surface area contributed by atoms with Crippen molar-refractivity contribution in [2.45, 2.75) is 0 Å². The Morgan fingerprint density at radius 2 is 1.75 bits per heavy atom. The SMILES string of the molecule is COc1ccc(C2=C3C=CC(Br)=[N+]3[B-](F)(F)n3c(Br)ccc32)cc1. The van der Waals surface area contributed by atoms with E-state index in [1.165, 1.54) is 0 Å². The molecule has 4 rings (SSSR count). The molecule has 0 saturated heterocycles. The van der Waals surface area contributed by atoms with Crippen molar-refractivity contribution in [2.75, 3.05) is 7.11 Å². The topological polar surface area (TPSA) is 17.2 Å². The van der Waals surface area contributed by atoms with Crippen LogP contribution >= 0.6 is 31.9 Å². The van der Waals surface area contributed by atoms with Crippen molar-refractivity contribution in [3.05, 3.63) is 70.1 Å². The highest BCUT2D eigenvalue weighted by Gasteiger charge is 2.54. The first kappa shape index (κ1) is 15.8. The number of hydrogen-bond acceptors (Lipinski definition) is 1. The number of fused-ring (bicyclic) bond motifs is 2. The first-order valence-electron chi connectivity index (χ1n) is 7.23. The minimum atomic E-state index is -3.98. The number of allylic oxidation sites excluding steroid dienone is 2. The lowest BCUT2D eigenvalue weighted by atomic mass is 9.86. The van der Waals surface area contributed by atoms with E-state index < -0.39 is 6.97 Å². The molecular formula is C16H11BBr2F2N2O. The third-order valence-corrected chi connectivity index (χ3v) is 5.54. The summed E-state index contributed by atoms with van der Waals surface area (Å²) in [5.41, 5.74) is 2.56. The summed E-state index contributed by atoms with van der Waals surface area (Å²) in [6, 6.07) is 10.8. The van der Waals surface area contributed by atoms with Crippen LogP contribution in [0.3, 0.4) is 0 Å². The molecule has 1 aromatic carbocycles. The van der Waals surface area contributed by atoms with Gasteiger partial charge in [-0.2, -0.15) is 0 Å². The minimum Gasteiger partial charge on any atom is -0.497 e. The summed E-state index contributed by atoms with van der Waals surface area (Å²) >= 11 is 6.50. The maximum Gasteiger partial charge on any atom is 0.738 e. The summed E-state index contributed by atoms with van der Waals surface area (Å²) in [6.45, 7) is -3.98. The zero-order valence-electron chi connectivity index (χ0n) is 12.5. The molecule has 2 aliphatic rings. The fourth-order valence-corrected chi connectivity index (χ4v) is 4.32. The highest BCUT2D eigenvalue weighted by atomic mass is 79.9. The van der Waals surface area contributed by atoms with Gasteiger partial charge in [0, 0.05) is 33.8 Å². The summed E-state index contributed by atoms with van der Waals surface area (Å²) < 4.78 is 38.1. The molecule has 3 heterocycles. The van der Waals surface area contributed by atoms with Crippen LogP contribution in [0, 0.1) is 0 Å². The van der Waals surface area contributed by atoms with Crippen LogP contribution in [0.15, 0.2) is 58.9 Å². The number of nitrogens with zero attached hydrogens (tertiary/aromatic N) is 2. The average Bonchev–Trinajstić information content (AvgIpc) is 3.13. The third kappa shape index (κ3) is 2.09. The van der Waals surface area contributed by atoms with Crippen LogP contribution in [0.5, 0.6) is 5.75 Å². The summed E-state index contributed by atoms with van der Waals surface area (Å²) in [5.74, 6) is 0.720. The zero-order valence-corrected chi connectivity index (χ0v) is 15.7. The molecule has 0 unspecified atom stereocenters. The Bertz CT molecular complexity index is 945. The van der Waals surface area contributed by atoms with Crippen LogP contribution in [-0.2, 0) is 0 Å². The summed E-state index contributed by atoms with van der Waals surface area (Å²) in [7, 11) is 1.59. The van der Waals surface area contributed by atoms with E-state index in [9.17, 15) is 0 Å². The lowest BCUT2D eigenvalue weighted by Gasteiger charge is -2.32. The molecule has 0 aliphatic carbocycles. The van der Waals surface area contributed by atoms with Crippen molar-refractivity contribution in [3.63, 3.8) is 0 Å². The molecule has 0 bridgehead atoms. The third-order valence-electron chi connectivity index (χ3n) is 4.25. The van der Waals surface area contributed by atoms with E-state index in [1.807, 2.05) is 24.3 Å². The number of hydrogen-bond donors (Lipinski definition) is 0. The van der Waals surface area contributed by atoms with Gasteiger partial charge in [0.25, 0.3) is 0 Å². The number of halogens is 4. The smallest absolute Gasteiger partial charge is 0.497 e. The van der Waals surface area contributed by atoms with E-state index in [1.54, 1.807) is 31.4 Å². The van der Waals surface area contributed by atoms with Crippen molar-refractivity contribution in [1.29, 1.82) is 0 Å². The van der Waals surface area contributed by atoms with Gasteiger partial charge in [-0.25, -0.2) is 0 Å². The predicted molar refractivity (Wildman–Crippen MR) is 97.9 cm³/mol. The van der Waals surface area contributed by atoms with Gasteiger partial charge in [-0.05, 0) is 45.8 Å². The van der Waals surface area contributed by atoms with E-state index in [2.05, 4.69) is 31.9 Å². The van der Waals surface area contributed by atoms with Crippen LogP contribution < -0.4 is 4.74 Å². The fraction of sp³-hybridized carbons (Fsp3) is 0.0625. The van der Waals surface area contributed by atoms with Gasteiger partial charge >= 0.3 is 6.97 Å². The highest BCUT2D eigenvalue weighted by Crippen LogP contribution is 2.42. The van der Waals surface area contributed by atoms with Gasteiger partial charge in [-0.1, -0.05) is 12.1 Å². The van der Waals surface area contributed by atoms with Crippen molar-refractivity contribution in [1.82, 2.24) is 4.48 Å². The number of aromatic nitrogens is 1. The number of ether oxygens (including phenoxy) is 1. The second-order valence-corrected chi connectivity index (χ2v) is 7.14. The van der Waals surface area contributed by atoms with Crippen LogP contribution in [0.25, 0.3) is 5.57 Å². The lowest BCUT2D eigenvalue weighted by molar-refractivity contribution is -0.358. The Balaban J connectivity index is 2.04. The zero-order chi connectivity index (χ0) is 17.1. The molecule has 24 heavy (non-hydrogen) atoms. The Morgan fingerprint density at radius 1 is 1.04 bits per heavy atom. The second-order valence-electron chi connectivity index (χ2n) is 5.51. The van der Waals surface area contributed by atoms with Gasteiger partial charge in [-0.15, -0.1) is 0 Å². The monoisotopic (exact) mass is 454 g/mol. The molecule has 0 atom stereocenters. The maximum absolute atomic E-state index is 15.1. The number of rotatable bonds is 2. The predicted octanol–water partition coefficient (Wildman–Crippen LogP) is 4.63. The van der Waals surface area contributed by atoms with E-state index in [-0.39, 0.29) is 0 Å². The van der Waals surface area contributed by atoms with Crippen LogP contribution in [0.2, 0.25) is 0 Å². The number of methoxy groups -OCH3 is 1. The highest BCUT2D eigenvalue weighted by molar-refractivity contribution is 9.18. The van der Waals surface area contributed by atoms with Gasteiger partial charge in [0.05, 0.1) is 17.3 Å². The average molecular weight is 456 g/mol. The fourth-order valence-electron chi connectivity index (χ4n) is 3.19. The van der Waals surface area contributed by atoms with Gasteiger partial charge in [0.1, 0.15) is 5.75 Å². The van der Waals surface area contributed by atoms with Gasteiger partial charge in [-0.3, -0.25) is 0 Å². The molecule has 2 aromatic rings. The second kappa shape index (κ2) is 5.42. The summed E-state index contributed by atoms with van der Waals surface area (Å²) in [6.07, 6.45) is 3.36. The summed E-state index contributed by atoms with van der Waals surface area (Å²) in [5, 5.41) is 0. The Kier molecular flexibility index (Phi) is 3.58. The van der Waals surface area contributed by atoms with E-state index in [4.69, 9.17) is 4.74 Å². The van der Waals surface area contributed by atoms with Crippen LogP contribution in [0.1, 0.15) is 11.3 Å². The molecule has 0 amide bonds. The standard InChI is InChI=1S/C16H11BBr2F2N2O/c1-24-11-4-2-10(3-5-11)16-12-6-8-14(18)22(12)17(20,21)23-13(16)7-9-15(23)19/h2-9H,1H3. The molecule has 0 N–H and O–H groups in total. The number of benzene rings is 1. The molecule has 0 fully saturated rings. The summed E-state index contributed by atoms with van der Waals surface area (Å²) in [4.78, 5) is 0. The quantitative estimate of drug-likeness (QED) is 0.603. The maximum atomic E-state index is 15.1. The Hall–Kier alpha value is -1.67. The van der Waals surface area contributed by atoms with E-state index >= 15 is 8.63 Å². The van der Waals surface area contributed by atoms with Crippen LogP contribution in [0.4, 0.5) is 8.63 Å². The molecule has 1 aromatic heterocycles. The van der Waals surface area contributed by atoms with Crippen molar-refractivity contribution >= 4 is 49.0 Å². The Morgan fingerprint density at radius 3 is 2.42 bits per heavy atom. The molecular weight excluding hydrogens is 445 g/mol. The molecule has 2 aliphatic heterocycles. The van der Waals surface area contributed by atoms with Crippen molar-refractivity contribution < 1.29 is 17.9 Å². The van der Waals surface area contributed by atoms with E-state index in [0.29, 0.717) is 20.6 Å². The molecule has 0 radical (unpaired) electrons. The molecule has 3 nitrogen and oxygen atoms in total. The lowest BCUT2D eigenvalue weighted by Crippen LogP contribution is -2.50. The minimum absolute atomic E-state index is 0.347. The molecule has 122 valence electrons. The first-order chi connectivity index (χ1) is 11.4. The molecule has 0 saturated carbocycles. The van der Waals surface area contributed by atoms with E-state index in [0.717, 1.165) is 25.9 Å². The van der Waals surface area contributed by atoms with Crippen molar-refractivity contribution in [2.24, 2.45) is 0 Å². The molecule has 0 spiro atoms. The first-order valence-corrected chi connectivity index (χ1v) is 8.82. The normalized spacial score (nSPS) is 18.0. The van der Waals surface area contributed by atoms with Gasteiger partial charge in [0.2, 0.25) is 4.62 Å². The van der Waals surface area contributed by atoms with Crippen LogP contribution in [-0.4, -0.2) is 27.7 Å². The van der Waals surface area contributed by atoms with Gasteiger partial charge in [0.15, 0.2) is 5.70 Å². The van der Waals surface area contributed by atoms with Crippen molar-refractivity contribution in [3.8, 4) is 5.75 Å². The van der Waals surface area contributed by atoms with Gasteiger partial charge < -0.3 is 22.3 Å². The Labute approximate surface area is 154 Å².